The van der Waals surface area contributed by atoms with Gasteiger partial charge in [-0.15, -0.1) is 0 Å². The summed E-state index contributed by atoms with van der Waals surface area (Å²) in [5, 5.41) is 12.7. The SMILES string of the molecule is CC(O)c1ccccc1Pc1cc(C(C)(C)C)cc(C(C)(C)C)c1OCc1ccccc1. The lowest BCUT2D eigenvalue weighted by molar-refractivity contribution is 0.200. The maximum Gasteiger partial charge on any atom is 0.131 e. The topological polar surface area (TPSA) is 29.5 Å². The van der Waals surface area contributed by atoms with Gasteiger partial charge >= 0.3 is 0 Å². The Morgan fingerprint density at radius 3 is 2.03 bits per heavy atom. The van der Waals surface area contributed by atoms with E-state index in [9.17, 15) is 5.11 Å². The molecule has 0 aliphatic carbocycles. The Bertz CT molecular complexity index is 1040. The van der Waals surface area contributed by atoms with Crippen LogP contribution in [0.2, 0.25) is 0 Å². The minimum Gasteiger partial charge on any atom is -0.488 e. The van der Waals surface area contributed by atoms with E-state index in [1.165, 1.54) is 16.4 Å². The van der Waals surface area contributed by atoms with Gasteiger partial charge in [0.05, 0.1) is 6.10 Å². The fourth-order valence-electron chi connectivity index (χ4n) is 3.72. The van der Waals surface area contributed by atoms with Crippen LogP contribution in [0.5, 0.6) is 5.75 Å². The zero-order valence-corrected chi connectivity index (χ0v) is 21.5. The second-order valence-corrected chi connectivity index (χ2v) is 11.9. The zero-order valence-electron chi connectivity index (χ0n) is 20.5. The Kier molecular flexibility index (Phi) is 7.48. The van der Waals surface area contributed by atoms with Gasteiger partial charge in [0, 0.05) is 10.9 Å². The Hall–Kier alpha value is -2.15. The van der Waals surface area contributed by atoms with Gasteiger partial charge in [-0.3, -0.25) is 0 Å². The number of aliphatic hydroxyl groups is 1. The van der Waals surface area contributed by atoms with Gasteiger partial charge in [-0.05, 0) is 45.8 Å². The van der Waals surface area contributed by atoms with E-state index in [-0.39, 0.29) is 10.8 Å². The number of benzene rings is 3. The number of ether oxygens (including phenoxy) is 1. The maximum absolute atomic E-state index is 10.3. The van der Waals surface area contributed by atoms with Crippen molar-refractivity contribution in [2.24, 2.45) is 0 Å². The van der Waals surface area contributed by atoms with Crippen molar-refractivity contribution in [3.8, 4) is 5.75 Å². The second-order valence-electron chi connectivity index (χ2n) is 10.6. The van der Waals surface area contributed by atoms with Crippen molar-refractivity contribution in [2.45, 2.75) is 72.0 Å². The van der Waals surface area contributed by atoms with Crippen LogP contribution in [0, 0.1) is 0 Å². The number of aliphatic hydroxyl groups excluding tert-OH is 1. The van der Waals surface area contributed by atoms with E-state index in [1.807, 2.05) is 37.3 Å². The first-order valence-electron chi connectivity index (χ1n) is 11.4. The van der Waals surface area contributed by atoms with Crippen LogP contribution in [-0.2, 0) is 17.4 Å². The summed E-state index contributed by atoms with van der Waals surface area (Å²) in [6.45, 7) is 15.9. The number of hydrogen-bond acceptors (Lipinski definition) is 2. The molecule has 3 rings (SSSR count). The lowest BCUT2D eigenvalue weighted by atomic mass is 9.80. The summed E-state index contributed by atoms with van der Waals surface area (Å²) < 4.78 is 6.57. The predicted octanol–water partition coefficient (Wildman–Crippen LogP) is 6.54. The minimum atomic E-state index is -0.500. The van der Waals surface area contributed by atoms with Crippen molar-refractivity contribution in [3.05, 3.63) is 89.0 Å². The van der Waals surface area contributed by atoms with E-state index >= 15 is 0 Å². The minimum absolute atomic E-state index is 0.0287. The molecule has 0 heterocycles. The van der Waals surface area contributed by atoms with Crippen LogP contribution in [0.3, 0.4) is 0 Å². The Morgan fingerprint density at radius 2 is 1.44 bits per heavy atom. The molecule has 0 radical (unpaired) electrons. The molecule has 2 atom stereocenters. The van der Waals surface area contributed by atoms with Crippen LogP contribution < -0.4 is 15.3 Å². The predicted molar refractivity (Wildman–Crippen MR) is 139 cm³/mol. The standard InChI is InChI=1S/C29H37O2P/c1-20(30)23-15-11-12-16-25(23)32-26-18-22(28(2,3)4)17-24(29(5,6)7)27(26)31-19-21-13-9-8-10-14-21/h8-18,20,30,32H,19H2,1-7H3. The van der Waals surface area contributed by atoms with Gasteiger partial charge in [-0.2, -0.15) is 0 Å². The van der Waals surface area contributed by atoms with Crippen LogP contribution in [-0.4, -0.2) is 5.11 Å². The molecule has 0 saturated heterocycles. The quantitative estimate of drug-likeness (QED) is 0.434. The molecule has 0 bridgehead atoms. The highest BCUT2D eigenvalue weighted by Gasteiger charge is 2.26. The molecule has 3 aromatic carbocycles. The summed E-state index contributed by atoms with van der Waals surface area (Å²) >= 11 is 0. The molecule has 170 valence electrons. The van der Waals surface area contributed by atoms with Crippen molar-refractivity contribution in [3.63, 3.8) is 0 Å². The van der Waals surface area contributed by atoms with Crippen LogP contribution in [0.25, 0.3) is 0 Å². The fraction of sp³-hybridized carbons (Fsp3) is 0.379. The van der Waals surface area contributed by atoms with Crippen molar-refractivity contribution >= 4 is 19.2 Å². The molecule has 0 aromatic heterocycles. The average molecular weight is 449 g/mol. The monoisotopic (exact) mass is 448 g/mol. The Morgan fingerprint density at radius 1 is 0.812 bits per heavy atom. The van der Waals surface area contributed by atoms with Gasteiger partial charge in [0.25, 0.3) is 0 Å². The molecule has 0 spiro atoms. The lowest BCUT2D eigenvalue weighted by Crippen LogP contribution is -2.23. The van der Waals surface area contributed by atoms with Crippen LogP contribution in [0.15, 0.2) is 66.7 Å². The molecule has 3 aromatic rings. The van der Waals surface area contributed by atoms with E-state index in [1.54, 1.807) is 0 Å². The molecule has 0 fully saturated rings. The van der Waals surface area contributed by atoms with E-state index in [0.717, 1.165) is 22.2 Å². The van der Waals surface area contributed by atoms with Gasteiger partial charge in [0.2, 0.25) is 0 Å². The molecule has 3 heteroatoms. The first kappa shape index (κ1) is 24.5. The van der Waals surface area contributed by atoms with Crippen LogP contribution in [0.4, 0.5) is 0 Å². The number of hydrogen-bond donors (Lipinski definition) is 1. The van der Waals surface area contributed by atoms with Gasteiger partial charge in [-0.1, -0.05) is 111 Å². The summed E-state index contributed by atoms with van der Waals surface area (Å²) in [6, 6.07) is 23.2. The van der Waals surface area contributed by atoms with E-state index in [4.69, 9.17) is 4.74 Å². The molecule has 0 saturated carbocycles. The van der Waals surface area contributed by atoms with Gasteiger partial charge in [0.15, 0.2) is 0 Å². The first-order valence-corrected chi connectivity index (χ1v) is 12.4. The molecule has 0 aliphatic heterocycles. The average Bonchev–Trinajstić information content (AvgIpc) is 2.72. The largest absolute Gasteiger partial charge is 0.488 e. The third kappa shape index (κ3) is 6.00. The highest BCUT2D eigenvalue weighted by atomic mass is 31.1. The highest BCUT2D eigenvalue weighted by Crippen LogP contribution is 2.38. The molecule has 32 heavy (non-hydrogen) atoms. The molecular weight excluding hydrogens is 411 g/mol. The van der Waals surface area contributed by atoms with Gasteiger partial charge in [0.1, 0.15) is 12.4 Å². The van der Waals surface area contributed by atoms with E-state index in [0.29, 0.717) is 15.2 Å². The van der Waals surface area contributed by atoms with E-state index < -0.39 is 6.10 Å². The van der Waals surface area contributed by atoms with Crippen molar-refractivity contribution in [1.29, 1.82) is 0 Å². The fourth-order valence-corrected chi connectivity index (χ4v) is 5.17. The summed E-state index contributed by atoms with van der Waals surface area (Å²) in [4.78, 5) is 0. The smallest absolute Gasteiger partial charge is 0.131 e. The summed E-state index contributed by atoms with van der Waals surface area (Å²) in [5.74, 6) is 0.980. The van der Waals surface area contributed by atoms with Crippen molar-refractivity contribution < 1.29 is 9.84 Å². The lowest BCUT2D eigenvalue weighted by Gasteiger charge is -2.29. The highest BCUT2D eigenvalue weighted by molar-refractivity contribution is 7.55. The summed E-state index contributed by atoms with van der Waals surface area (Å²) in [7, 11) is 0.401. The molecule has 0 amide bonds. The summed E-state index contributed by atoms with van der Waals surface area (Å²) in [6.07, 6.45) is -0.500. The third-order valence-electron chi connectivity index (χ3n) is 5.67. The van der Waals surface area contributed by atoms with Gasteiger partial charge in [-0.25, -0.2) is 0 Å². The molecule has 2 unspecified atom stereocenters. The molecule has 1 N–H and O–H groups in total. The van der Waals surface area contributed by atoms with Crippen molar-refractivity contribution in [1.82, 2.24) is 0 Å². The van der Waals surface area contributed by atoms with Gasteiger partial charge < -0.3 is 9.84 Å². The molecule has 2 nitrogen and oxygen atoms in total. The van der Waals surface area contributed by atoms with E-state index in [2.05, 4.69) is 77.9 Å². The van der Waals surface area contributed by atoms with Crippen LogP contribution >= 0.6 is 8.58 Å². The first-order chi connectivity index (χ1) is 15.0. The summed E-state index contributed by atoms with van der Waals surface area (Å²) in [5.41, 5.74) is 4.66. The van der Waals surface area contributed by atoms with Crippen LogP contribution in [0.1, 0.15) is 76.8 Å². The van der Waals surface area contributed by atoms with Crippen molar-refractivity contribution in [2.75, 3.05) is 0 Å². The maximum atomic E-state index is 10.3. The second kappa shape index (κ2) is 9.77. The normalized spacial score (nSPS) is 13.5. The Labute approximate surface area is 195 Å². The Balaban J connectivity index is 2.15. The molecular formula is C29H37O2P. The third-order valence-corrected chi connectivity index (χ3v) is 7.03. The molecule has 0 aliphatic rings. The zero-order chi connectivity index (χ0) is 23.5. The number of rotatable bonds is 6.